The van der Waals surface area contributed by atoms with Crippen molar-refractivity contribution in [1.82, 2.24) is 20.9 Å². The van der Waals surface area contributed by atoms with E-state index in [1.807, 2.05) is 4.90 Å². The van der Waals surface area contributed by atoms with E-state index >= 15 is 0 Å². The predicted octanol–water partition coefficient (Wildman–Crippen LogP) is 4.95. The molecule has 2 aromatic carbocycles. The topological polar surface area (TPSA) is 128 Å². The highest BCUT2D eigenvalue weighted by Crippen LogP contribution is 2.37. The zero-order chi connectivity index (χ0) is 31.1. The first-order valence-corrected chi connectivity index (χ1v) is 15.7. The van der Waals surface area contributed by atoms with Crippen molar-refractivity contribution in [3.8, 4) is 0 Å². The number of hydrogen-bond donors (Lipinski definition) is 4. The number of nitrogens with zero attached hydrogens (tertiary/aromatic N) is 1. The van der Waals surface area contributed by atoms with Crippen LogP contribution in [0.25, 0.3) is 0 Å². The van der Waals surface area contributed by atoms with Gasteiger partial charge in [0.2, 0.25) is 0 Å². The van der Waals surface area contributed by atoms with Gasteiger partial charge in [-0.15, -0.1) is 0 Å². The zero-order valence-electron chi connectivity index (χ0n) is 22.9. The molecule has 0 aliphatic carbocycles. The number of alkyl halides is 3. The molecule has 9 nitrogen and oxygen atoms in total. The maximum absolute atomic E-state index is 14.2. The molecule has 3 rings (SSSR count). The van der Waals surface area contributed by atoms with Crippen molar-refractivity contribution in [3.05, 3.63) is 62.6 Å². The van der Waals surface area contributed by atoms with Crippen LogP contribution in [0, 0.1) is 0 Å². The van der Waals surface area contributed by atoms with E-state index in [0.29, 0.717) is 32.6 Å². The van der Waals surface area contributed by atoms with Crippen LogP contribution in [0.2, 0.25) is 10.0 Å². The van der Waals surface area contributed by atoms with E-state index in [9.17, 15) is 31.2 Å². The number of carbonyl (C=O) groups excluding carboxylic acids is 1. The number of sulfone groups is 1. The summed E-state index contributed by atoms with van der Waals surface area (Å²) < 4.78 is 67.4. The molecule has 15 heteroatoms. The lowest BCUT2D eigenvalue weighted by Gasteiger charge is -2.34. The summed E-state index contributed by atoms with van der Waals surface area (Å²) in [6.45, 7) is 3.01. The van der Waals surface area contributed by atoms with Gasteiger partial charge in [0.25, 0.3) is 5.91 Å². The van der Waals surface area contributed by atoms with Crippen molar-refractivity contribution in [3.63, 3.8) is 0 Å². The second kappa shape index (κ2) is 14.7. The van der Waals surface area contributed by atoms with Crippen molar-refractivity contribution < 1.29 is 36.3 Å². The maximum atomic E-state index is 14.2. The number of carbonyl (C=O) groups is 2. The van der Waals surface area contributed by atoms with Crippen LogP contribution in [-0.2, 0) is 29.1 Å². The number of benzene rings is 2. The second-order valence-corrected chi connectivity index (χ2v) is 13.0. The van der Waals surface area contributed by atoms with Gasteiger partial charge in [0, 0.05) is 47.8 Å². The van der Waals surface area contributed by atoms with E-state index in [4.69, 9.17) is 28.3 Å². The first-order chi connectivity index (χ1) is 19.7. The Morgan fingerprint density at radius 1 is 1.12 bits per heavy atom. The fourth-order valence-electron chi connectivity index (χ4n) is 4.78. The Morgan fingerprint density at radius 3 is 2.52 bits per heavy atom. The number of carboxylic acid groups (broad SMARTS) is 1. The average molecular weight is 654 g/mol. The number of amides is 2. The third-order valence-electron chi connectivity index (χ3n) is 6.89. The van der Waals surface area contributed by atoms with E-state index in [-0.39, 0.29) is 56.5 Å². The van der Waals surface area contributed by atoms with Gasteiger partial charge in [0.05, 0.1) is 16.2 Å². The Hall–Kier alpha value is -2.58. The smallest absolute Gasteiger partial charge is 0.416 e. The van der Waals surface area contributed by atoms with Crippen LogP contribution in [0.15, 0.2) is 35.2 Å². The summed E-state index contributed by atoms with van der Waals surface area (Å²) in [7, 11) is -3.64. The Labute approximate surface area is 252 Å². The number of halogens is 5. The van der Waals surface area contributed by atoms with Crippen LogP contribution in [-0.4, -0.2) is 68.4 Å². The van der Waals surface area contributed by atoms with Crippen LogP contribution in [0.5, 0.6) is 0 Å². The summed E-state index contributed by atoms with van der Waals surface area (Å²) >= 11 is 12.4. The monoisotopic (exact) mass is 652 g/mol. The molecule has 0 radical (unpaired) electrons. The van der Waals surface area contributed by atoms with Crippen molar-refractivity contribution in [2.45, 2.75) is 56.4 Å². The first kappa shape index (κ1) is 33.9. The van der Waals surface area contributed by atoms with Crippen LogP contribution >= 0.6 is 23.2 Å². The fourth-order valence-corrected chi connectivity index (χ4v) is 6.37. The van der Waals surface area contributed by atoms with Gasteiger partial charge in [-0.25, -0.2) is 13.2 Å². The highest BCUT2D eigenvalue weighted by Gasteiger charge is 2.36. The molecule has 232 valence electrons. The van der Waals surface area contributed by atoms with E-state index in [1.54, 1.807) is 0 Å². The normalized spacial score (nSPS) is 16.3. The molecule has 0 saturated carbocycles. The van der Waals surface area contributed by atoms with Crippen molar-refractivity contribution in [2.24, 2.45) is 0 Å². The molecule has 0 unspecified atom stereocenters. The molecule has 2 amide bonds. The molecule has 4 N–H and O–H groups in total. The highest BCUT2D eigenvalue weighted by molar-refractivity contribution is 7.91. The Kier molecular flexibility index (Phi) is 11.9. The van der Waals surface area contributed by atoms with Crippen LogP contribution < -0.4 is 16.0 Å². The third-order valence-corrected chi connectivity index (χ3v) is 9.29. The third kappa shape index (κ3) is 9.46. The van der Waals surface area contributed by atoms with Crippen LogP contribution in [0.4, 0.5) is 18.0 Å². The maximum Gasteiger partial charge on any atom is 0.416 e. The van der Waals surface area contributed by atoms with E-state index in [1.165, 1.54) is 31.2 Å². The molecule has 2 aromatic rings. The summed E-state index contributed by atoms with van der Waals surface area (Å²) in [4.78, 5) is 25.3. The average Bonchev–Trinajstić information content (AvgIpc) is 2.91. The standard InChI is InChI=1S/C27H33Cl2F3N4O5S/c1-2-42(40,41)24-7-6-19(28)11-18(24)14-35-25(37)17-12-22(27(30,31)32)21(23(29)13-17)16-36-10-3-5-20(15-36)33-8-4-9-34-26(38)39/h6-7,11-13,20,33-34H,2-5,8-10,14-16H2,1H3,(H,35,37)(H,38,39)/t20-/m0/s1. The molecule has 42 heavy (non-hydrogen) atoms. The van der Waals surface area contributed by atoms with Crippen molar-refractivity contribution in [2.75, 3.05) is 31.9 Å². The number of hydrogen-bond acceptors (Lipinski definition) is 6. The van der Waals surface area contributed by atoms with Crippen molar-refractivity contribution >= 4 is 45.0 Å². The van der Waals surface area contributed by atoms with Crippen molar-refractivity contribution in [1.29, 1.82) is 0 Å². The Morgan fingerprint density at radius 2 is 1.86 bits per heavy atom. The largest absolute Gasteiger partial charge is 0.465 e. The summed E-state index contributed by atoms with van der Waals surface area (Å²) in [5.41, 5.74) is -1.26. The number of piperidine rings is 1. The minimum atomic E-state index is -4.78. The highest BCUT2D eigenvalue weighted by atomic mass is 35.5. The molecule has 0 aromatic heterocycles. The summed E-state index contributed by atoms with van der Waals surface area (Å²) in [5.74, 6) is -1.03. The molecule has 1 aliphatic rings. The quantitative estimate of drug-likeness (QED) is 0.239. The minimum absolute atomic E-state index is 0.0228. The van der Waals surface area contributed by atoms with E-state index in [0.717, 1.165) is 18.9 Å². The van der Waals surface area contributed by atoms with E-state index < -0.39 is 33.6 Å². The summed E-state index contributed by atoms with van der Waals surface area (Å²) in [6.07, 6.45) is -3.73. The van der Waals surface area contributed by atoms with Gasteiger partial charge in [-0.1, -0.05) is 30.1 Å². The first-order valence-electron chi connectivity index (χ1n) is 13.3. The van der Waals surface area contributed by atoms with Gasteiger partial charge < -0.3 is 21.1 Å². The van der Waals surface area contributed by atoms with Gasteiger partial charge >= 0.3 is 12.3 Å². The number of nitrogens with one attached hydrogen (secondary N) is 3. The van der Waals surface area contributed by atoms with E-state index in [2.05, 4.69) is 16.0 Å². The molecule has 1 heterocycles. The lowest BCUT2D eigenvalue weighted by molar-refractivity contribution is -0.138. The minimum Gasteiger partial charge on any atom is -0.465 e. The molecule has 1 fully saturated rings. The number of likely N-dealkylation sites (tertiary alicyclic amines) is 1. The molecule has 0 spiro atoms. The predicted molar refractivity (Wildman–Crippen MR) is 154 cm³/mol. The second-order valence-electron chi connectivity index (χ2n) is 9.93. The number of rotatable bonds is 12. The zero-order valence-corrected chi connectivity index (χ0v) is 25.2. The molecule has 1 saturated heterocycles. The molecular weight excluding hydrogens is 620 g/mol. The van der Waals surface area contributed by atoms with Crippen LogP contribution in [0.3, 0.4) is 0 Å². The van der Waals surface area contributed by atoms with Crippen LogP contribution in [0.1, 0.15) is 53.2 Å². The lowest BCUT2D eigenvalue weighted by atomic mass is 9.99. The fraction of sp³-hybridized carbons (Fsp3) is 0.481. The molecule has 0 bridgehead atoms. The van der Waals surface area contributed by atoms with Gasteiger partial charge in [-0.3, -0.25) is 9.69 Å². The van der Waals surface area contributed by atoms with Gasteiger partial charge in [0.15, 0.2) is 9.84 Å². The van der Waals surface area contributed by atoms with Gasteiger partial charge in [0.1, 0.15) is 0 Å². The summed E-state index contributed by atoms with van der Waals surface area (Å²) in [5, 5.41) is 16.8. The SMILES string of the molecule is CCS(=O)(=O)c1ccc(Cl)cc1CNC(=O)c1cc(Cl)c(CN2CCC[C@H](NCCCNC(=O)O)C2)c(C(F)(F)F)c1. The molecular formula is C27H33Cl2F3N4O5S. The summed E-state index contributed by atoms with van der Waals surface area (Å²) in [6, 6.07) is 6.08. The Balaban J connectivity index is 1.74. The lowest BCUT2D eigenvalue weighted by Crippen LogP contribution is -2.46. The van der Waals surface area contributed by atoms with Gasteiger partial charge in [-0.2, -0.15) is 13.2 Å². The van der Waals surface area contributed by atoms with Gasteiger partial charge in [-0.05, 0) is 73.8 Å². The molecule has 1 aliphatic heterocycles. The Bertz CT molecular complexity index is 1390. The molecule has 1 atom stereocenters.